The Morgan fingerprint density at radius 3 is 2.16 bits per heavy atom. The van der Waals surface area contributed by atoms with Gasteiger partial charge in [-0.2, -0.15) is 5.26 Å². The number of fused-ring (bicyclic) bond motifs is 2. The summed E-state index contributed by atoms with van der Waals surface area (Å²) < 4.78 is 5.66. The van der Waals surface area contributed by atoms with E-state index in [1.165, 1.54) is 0 Å². The van der Waals surface area contributed by atoms with Crippen molar-refractivity contribution in [3.63, 3.8) is 0 Å². The van der Waals surface area contributed by atoms with E-state index in [2.05, 4.69) is 41.4 Å². The topological polar surface area (TPSA) is 49.3 Å². The smallest absolute Gasteiger partial charge is 0.237 e. The van der Waals surface area contributed by atoms with Crippen molar-refractivity contribution in [2.75, 3.05) is 0 Å². The fourth-order valence-electron chi connectivity index (χ4n) is 3.14. The van der Waals surface area contributed by atoms with Crippen molar-refractivity contribution in [1.82, 2.24) is 0 Å². The zero-order valence-corrected chi connectivity index (χ0v) is 14.1. The summed E-state index contributed by atoms with van der Waals surface area (Å²) in [5.41, 5.74) is 2.38. The van der Waals surface area contributed by atoms with Crippen LogP contribution in [0.1, 0.15) is 22.5 Å². The first kappa shape index (κ1) is 15.2. The van der Waals surface area contributed by atoms with Crippen molar-refractivity contribution in [1.29, 1.82) is 5.26 Å². The highest BCUT2D eigenvalue weighted by Gasteiger charge is 2.13. The second-order valence-electron chi connectivity index (χ2n) is 6.07. The number of benzene rings is 3. The molecule has 4 rings (SSSR count). The van der Waals surface area contributed by atoms with Gasteiger partial charge in [-0.1, -0.05) is 48.5 Å². The van der Waals surface area contributed by atoms with E-state index in [0.717, 1.165) is 38.4 Å². The van der Waals surface area contributed by atoms with E-state index in [4.69, 9.17) is 4.42 Å². The Bertz CT molecular complexity index is 1120. The number of hydrogen-bond donors (Lipinski definition) is 0. The molecule has 0 atom stereocenters. The van der Waals surface area contributed by atoms with E-state index >= 15 is 0 Å². The number of nitrogens with zero attached hydrogens (tertiary/aromatic N) is 2. The number of aliphatic imine (C=N–C) groups is 1. The Kier molecular flexibility index (Phi) is 3.59. The molecule has 1 aromatic heterocycles. The van der Waals surface area contributed by atoms with Crippen LogP contribution in [-0.2, 0) is 0 Å². The maximum atomic E-state index is 9.37. The average molecular weight is 324 g/mol. The number of hydrogen-bond acceptors (Lipinski definition) is 3. The quantitative estimate of drug-likeness (QED) is 0.344. The predicted molar refractivity (Wildman–Crippen MR) is 102 cm³/mol. The molecule has 3 heteroatoms. The zero-order valence-electron chi connectivity index (χ0n) is 14.1. The maximum absolute atomic E-state index is 9.37. The van der Waals surface area contributed by atoms with Crippen LogP contribution >= 0.6 is 0 Å². The lowest BCUT2D eigenvalue weighted by Gasteiger charge is -2.07. The third kappa shape index (κ3) is 2.49. The first-order valence-electron chi connectivity index (χ1n) is 8.13. The second-order valence-corrected chi connectivity index (χ2v) is 6.07. The summed E-state index contributed by atoms with van der Waals surface area (Å²) in [5, 5.41) is 13.9. The number of furan rings is 1. The molecule has 0 aliphatic rings. The van der Waals surface area contributed by atoms with Crippen LogP contribution < -0.4 is 0 Å². The van der Waals surface area contributed by atoms with Crippen LogP contribution in [-0.4, -0.2) is 6.21 Å². The van der Waals surface area contributed by atoms with Gasteiger partial charge in [-0.15, -0.1) is 0 Å². The molecule has 3 aromatic carbocycles. The minimum absolute atomic E-state index is 0.370. The molecule has 0 radical (unpaired) electrons. The van der Waals surface area contributed by atoms with Gasteiger partial charge in [-0.3, -0.25) is 0 Å². The van der Waals surface area contributed by atoms with Gasteiger partial charge < -0.3 is 4.42 Å². The fraction of sp³-hybridized carbons (Fsp3) is 0.0909. The van der Waals surface area contributed by atoms with Crippen molar-refractivity contribution < 1.29 is 4.42 Å². The van der Waals surface area contributed by atoms with Gasteiger partial charge in [-0.05, 0) is 41.5 Å². The lowest BCUT2D eigenvalue weighted by atomic mass is 9.97. The van der Waals surface area contributed by atoms with Crippen LogP contribution in [0.4, 0.5) is 5.88 Å². The van der Waals surface area contributed by atoms with E-state index < -0.39 is 0 Å². The molecule has 0 spiro atoms. The maximum Gasteiger partial charge on any atom is 0.237 e. The highest BCUT2D eigenvalue weighted by atomic mass is 16.4. The summed E-state index contributed by atoms with van der Waals surface area (Å²) in [6, 6.07) is 20.9. The molecule has 3 nitrogen and oxygen atoms in total. The van der Waals surface area contributed by atoms with Gasteiger partial charge in [0.25, 0.3) is 0 Å². The first-order valence-corrected chi connectivity index (χ1v) is 8.13. The third-order valence-corrected chi connectivity index (χ3v) is 4.60. The van der Waals surface area contributed by atoms with Gasteiger partial charge >= 0.3 is 0 Å². The minimum Gasteiger partial charge on any atom is -0.442 e. The molecule has 0 N–H and O–H groups in total. The van der Waals surface area contributed by atoms with E-state index in [-0.39, 0.29) is 0 Å². The fourth-order valence-corrected chi connectivity index (χ4v) is 3.14. The second kappa shape index (κ2) is 5.92. The number of rotatable bonds is 2. The molecule has 25 heavy (non-hydrogen) atoms. The zero-order chi connectivity index (χ0) is 17.4. The van der Waals surface area contributed by atoms with E-state index in [1.54, 1.807) is 0 Å². The Morgan fingerprint density at radius 2 is 1.56 bits per heavy atom. The molecule has 0 saturated carbocycles. The molecule has 0 bridgehead atoms. The van der Waals surface area contributed by atoms with Crippen LogP contribution in [0.3, 0.4) is 0 Å². The molecule has 0 aliphatic carbocycles. The predicted octanol–water partition coefficient (Wildman–Crippen LogP) is 5.83. The number of nitriles is 1. The van der Waals surface area contributed by atoms with Gasteiger partial charge in [-0.25, -0.2) is 4.99 Å². The summed E-state index contributed by atoms with van der Waals surface area (Å²) in [7, 11) is 0. The standard InChI is InChI=1S/C22H16N2O/c1-14-15(2)25-22(20(14)12-23)24-13-21-18-9-5-3-7-16(18)11-17-8-4-6-10-19(17)21/h3-11,13H,1-2H3. The van der Waals surface area contributed by atoms with Gasteiger partial charge in [0.15, 0.2) is 0 Å². The molecule has 0 aliphatic heterocycles. The van der Waals surface area contributed by atoms with E-state index in [9.17, 15) is 5.26 Å². The SMILES string of the molecule is Cc1oc(N=Cc2c3ccccc3cc3ccccc23)c(C#N)c1C. The van der Waals surface area contributed by atoms with Gasteiger partial charge in [0.05, 0.1) is 0 Å². The average Bonchev–Trinajstić information content (AvgIpc) is 2.92. The summed E-state index contributed by atoms with van der Waals surface area (Å²) in [6.07, 6.45) is 1.81. The monoisotopic (exact) mass is 324 g/mol. The van der Waals surface area contributed by atoms with Gasteiger partial charge in [0.1, 0.15) is 17.4 Å². The van der Waals surface area contributed by atoms with Crippen molar-refractivity contribution in [3.8, 4) is 6.07 Å². The Balaban J connectivity index is 1.97. The van der Waals surface area contributed by atoms with Crippen LogP contribution in [0.2, 0.25) is 0 Å². The normalized spacial score (nSPS) is 11.4. The van der Waals surface area contributed by atoms with Crippen LogP contribution in [0.25, 0.3) is 21.5 Å². The molecule has 1 heterocycles. The molecule has 4 aromatic rings. The Morgan fingerprint density at radius 1 is 0.960 bits per heavy atom. The Labute approximate surface area is 145 Å². The van der Waals surface area contributed by atoms with Gasteiger partial charge in [0.2, 0.25) is 5.88 Å². The Hall–Kier alpha value is -3.38. The van der Waals surface area contributed by atoms with E-state index in [1.807, 2.05) is 44.3 Å². The first-order chi connectivity index (χ1) is 12.2. The lowest BCUT2D eigenvalue weighted by molar-refractivity contribution is 0.542. The van der Waals surface area contributed by atoms with Crippen molar-refractivity contribution in [2.45, 2.75) is 13.8 Å². The molecule has 0 saturated heterocycles. The molecule has 120 valence electrons. The molecular weight excluding hydrogens is 308 g/mol. The van der Waals surface area contributed by atoms with Gasteiger partial charge in [0, 0.05) is 17.3 Å². The summed E-state index contributed by atoms with van der Waals surface area (Å²) in [6.45, 7) is 3.73. The van der Waals surface area contributed by atoms with Crippen LogP contribution in [0, 0.1) is 25.2 Å². The summed E-state index contributed by atoms with van der Waals surface area (Å²) >= 11 is 0. The van der Waals surface area contributed by atoms with Crippen molar-refractivity contribution in [2.24, 2.45) is 4.99 Å². The third-order valence-electron chi connectivity index (χ3n) is 4.60. The van der Waals surface area contributed by atoms with Crippen molar-refractivity contribution >= 4 is 33.6 Å². The molecule has 0 fully saturated rings. The molecule has 0 unspecified atom stereocenters. The minimum atomic E-state index is 0.370. The highest BCUT2D eigenvalue weighted by molar-refractivity contribution is 6.13. The molecule has 0 amide bonds. The summed E-state index contributed by atoms with van der Waals surface area (Å²) in [5.74, 6) is 1.10. The molecular formula is C22H16N2O. The largest absolute Gasteiger partial charge is 0.442 e. The summed E-state index contributed by atoms with van der Waals surface area (Å²) in [4.78, 5) is 4.52. The highest BCUT2D eigenvalue weighted by Crippen LogP contribution is 2.30. The number of aryl methyl sites for hydroxylation is 1. The van der Waals surface area contributed by atoms with E-state index in [0.29, 0.717) is 11.4 Å². The van der Waals surface area contributed by atoms with Crippen molar-refractivity contribution in [3.05, 3.63) is 77.0 Å². The van der Waals surface area contributed by atoms with Crippen LogP contribution in [0.5, 0.6) is 0 Å². The van der Waals surface area contributed by atoms with Crippen LogP contribution in [0.15, 0.2) is 64.0 Å². The lowest BCUT2D eigenvalue weighted by Crippen LogP contribution is -1.88.